The Balaban J connectivity index is 2.33. The molecule has 1 aromatic carbocycles. The number of hydrogen-bond donors (Lipinski definition) is 1. The van der Waals surface area contributed by atoms with E-state index in [4.69, 9.17) is 4.74 Å². The first-order valence-corrected chi connectivity index (χ1v) is 7.92. The number of benzene rings is 1. The molecule has 0 amide bonds. The van der Waals surface area contributed by atoms with E-state index in [-0.39, 0.29) is 6.04 Å². The molecular weight excluding hydrogens is 330 g/mol. The van der Waals surface area contributed by atoms with E-state index >= 15 is 0 Å². The first-order valence-electron chi connectivity index (χ1n) is 7.13. The third-order valence-corrected chi connectivity index (χ3v) is 4.10. The van der Waals surface area contributed by atoms with Gasteiger partial charge in [-0.3, -0.25) is 4.68 Å². The number of aryl methyl sites for hydroxylation is 2. The molecule has 0 aliphatic heterocycles. The average molecular weight is 352 g/mol. The van der Waals surface area contributed by atoms with Crippen LogP contribution in [0.5, 0.6) is 5.75 Å². The molecule has 0 spiro atoms. The minimum atomic E-state index is 0.203. The van der Waals surface area contributed by atoms with E-state index in [2.05, 4.69) is 50.1 Å². The Labute approximate surface area is 134 Å². The lowest BCUT2D eigenvalue weighted by molar-refractivity contribution is 0.405. The molecule has 0 bridgehead atoms. The molecule has 0 saturated heterocycles. The molecule has 114 valence electrons. The highest BCUT2D eigenvalue weighted by Gasteiger charge is 2.18. The number of halogens is 1. The molecule has 0 aliphatic rings. The summed E-state index contributed by atoms with van der Waals surface area (Å²) in [5, 5.41) is 7.93. The summed E-state index contributed by atoms with van der Waals surface area (Å²) in [7, 11) is 3.69. The number of hydrogen-bond acceptors (Lipinski definition) is 3. The number of ether oxygens (including phenoxy) is 1. The van der Waals surface area contributed by atoms with Crippen LogP contribution in [-0.4, -0.2) is 23.9 Å². The molecule has 1 aromatic heterocycles. The number of aromatic nitrogens is 2. The maximum absolute atomic E-state index is 5.47. The fourth-order valence-electron chi connectivity index (χ4n) is 2.58. The minimum absolute atomic E-state index is 0.203. The Kier molecular flexibility index (Phi) is 5.42. The van der Waals surface area contributed by atoms with Gasteiger partial charge in [0.15, 0.2) is 0 Å². The van der Waals surface area contributed by atoms with Crippen LogP contribution >= 0.6 is 15.9 Å². The highest BCUT2D eigenvalue weighted by Crippen LogP contribution is 2.28. The lowest BCUT2D eigenvalue weighted by atomic mass is 10.0. The summed E-state index contributed by atoms with van der Waals surface area (Å²) >= 11 is 3.53. The molecule has 0 radical (unpaired) electrons. The molecular formula is C16H22BrN3O. The second kappa shape index (κ2) is 7.09. The summed E-state index contributed by atoms with van der Waals surface area (Å²) in [6.07, 6.45) is 0.851. The van der Waals surface area contributed by atoms with Crippen molar-refractivity contribution in [1.29, 1.82) is 0 Å². The molecule has 0 aliphatic carbocycles. The Morgan fingerprint density at radius 2 is 2.14 bits per heavy atom. The van der Waals surface area contributed by atoms with Crippen LogP contribution in [0.2, 0.25) is 0 Å². The largest absolute Gasteiger partial charge is 0.496 e. The summed E-state index contributed by atoms with van der Waals surface area (Å²) in [6.45, 7) is 5.02. The third-order valence-electron chi connectivity index (χ3n) is 3.60. The Morgan fingerprint density at radius 3 is 2.76 bits per heavy atom. The van der Waals surface area contributed by atoms with Crippen LogP contribution in [0.25, 0.3) is 0 Å². The van der Waals surface area contributed by atoms with Crippen LogP contribution in [0, 0.1) is 6.92 Å². The van der Waals surface area contributed by atoms with Crippen molar-refractivity contribution >= 4 is 15.9 Å². The van der Waals surface area contributed by atoms with Crippen LogP contribution in [0.15, 0.2) is 28.7 Å². The Morgan fingerprint density at radius 1 is 1.38 bits per heavy atom. The van der Waals surface area contributed by atoms with Gasteiger partial charge in [0.2, 0.25) is 0 Å². The van der Waals surface area contributed by atoms with Gasteiger partial charge < -0.3 is 10.1 Å². The van der Waals surface area contributed by atoms with Crippen molar-refractivity contribution in [1.82, 2.24) is 15.1 Å². The summed E-state index contributed by atoms with van der Waals surface area (Å²) in [6, 6.07) is 8.46. The van der Waals surface area contributed by atoms with Gasteiger partial charge in [-0.1, -0.05) is 15.9 Å². The van der Waals surface area contributed by atoms with Gasteiger partial charge in [0.25, 0.3) is 0 Å². The minimum Gasteiger partial charge on any atom is -0.496 e. The van der Waals surface area contributed by atoms with Crippen molar-refractivity contribution in [3.8, 4) is 5.75 Å². The summed E-state index contributed by atoms with van der Waals surface area (Å²) in [5.41, 5.74) is 3.43. The zero-order valence-electron chi connectivity index (χ0n) is 13.0. The summed E-state index contributed by atoms with van der Waals surface area (Å²) < 4.78 is 8.59. The molecule has 1 unspecified atom stereocenters. The lowest BCUT2D eigenvalue weighted by Gasteiger charge is -2.19. The molecule has 1 N–H and O–H groups in total. The number of nitrogens with one attached hydrogen (secondary N) is 1. The maximum Gasteiger partial charge on any atom is 0.122 e. The van der Waals surface area contributed by atoms with E-state index in [0.717, 1.165) is 28.9 Å². The first kappa shape index (κ1) is 16.0. The van der Waals surface area contributed by atoms with E-state index in [0.29, 0.717) is 0 Å². The van der Waals surface area contributed by atoms with Crippen molar-refractivity contribution in [2.45, 2.75) is 32.9 Å². The van der Waals surface area contributed by atoms with Crippen molar-refractivity contribution in [3.63, 3.8) is 0 Å². The quantitative estimate of drug-likeness (QED) is 0.865. The number of methoxy groups -OCH3 is 1. The van der Waals surface area contributed by atoms with Gasteiger partial charge in [-0.15, -0.1) is 0 Å². The normalized spacial score (nSPS) is 12.4. The molecule has 2 aromatic rings. The fourth-order valence-corrected chi connectivity index (χ4v) is 2.99. The van der Waals surface area contributed by atoms with Crippen molar-refractivity contribution < 1.29 is 4.74 Å². The molecule has 5 heteroatoms. The Hall–Kier alpha value is -1.33. The van der Waals surface area contributed by atoms with Gasteiger partial charge in [-0.05, 0) is 57.1 Å². The van der Waals surface area contributed by atoms with Crippen LogP contribution < -0.4 is 10.1 Å². The highest BCUT2D eigenvalue weighted by molar-refractivity contribution is 9.10. The smallest absolute Gasteiger partial charge is 0.122 e. The fraction of sp³-hybridized carbons (Fsp3) is 0.438. The SMILES string of the molecule is CCn1nc(C)cc1C(Cc1cc(Br)ccc1OC)NC. The topological polar surface area (TPSA) is 39.1 Å². The number of likely N-dealkylation sites (N-methyl/N-ethyl adjacent to an activating group) is 1. The van der Waals surface area contributed by atoms with Crippen molar-refractivity contribution in [3.05, 3.63) is 45.7 Å². The predicted octanol–water partition coefficient (Wildman–Crippen LogP) is 3.49. The van der Waals surface area contributed by atoms with E-state index in [9.17, 15) is 0 Å². The molecule has 1 atom stereocenters. The first-order chi connectivity index (χ1) is 10.1. The van der Waals surface area contributed by atoms with Gasteiger partial charge >= 0.3 is 0 Å². The van der Waals surface area contributed by atoms with Gasteiger partial charge in [0.1, 0.15) is 5.75 Å². The van der Waals surface area contributed by atoms with E-state index < -0.39 is 0 Å². The summed E-state index contributed by atoms with van der Waals surface area (Å²) in [4.78, 5) is 0. The zero-order valence-corrected chi connectivity index (χ0v) is 14.6. The molecule has 4 nitrogen and oxygen atoms in total. The molecule has 21 heavy (non-hydrogen) atoms. The third kappa shape index (κ3) is 3.66. The van der Waals surface area contributed by atoms with Gasteiger partial charge in [0, 0.05) is 11.0 Å². The van der Waals surface area contributed by atoms with Gasteiger partial charge in [0.05, 0.1) is 24.5 Å². The van der Waals surface area contributed by atoms with E-state index in [1.165, 1.54) is 11.3 Å². The number of nitrogens with zero attached hydrogens (tertiary/aromatic N) is 2. The summed E-state index contributed by atoms with van der Waals surface area (Å²) in [5.74, 6) is 0.915. The van der Waals surface area contributed by atoms with Crippen LogP contribution in [0.1, 0.15) is 29.9 Å². The molecule has 1 heterocycles. The predicted molar refractivity (Wildman–Crippen MR) is 88.8 cm³/mol. The van der Waals surface area contributed by atoms with Crippen LogP contribution in [-0.2, 0) is 13.0 Å². The second-order valence-corrected chi connectivity index (χ2v) is 5.94. The average Bonchev–Trinajstić information content (AvgIpc) is 2.86. The molecule has 0 saturated carbocycles. The van der Waals surface area contributed by atoms with Gasteiger partial charge in [-0.25, -0.2) is 0 Å². The molecule has 2 rings (SSSR count). The van der Waals surface area contributed by atoms with E-state index in [1.807, 2.05) is 26.1 Å². The van der Waals surface area contributed by atoms with Crippen molar-refractivity contribution in [2.24, 2.45) is 0 Å². The standard InChI is InChI=1S/C16H22BrN3O/c1-5-20-15(8-11(2)19-20)14(18-3)10-12-9-13(17)6-7-16(12)21-4/h6-9,14,18H,5,10H2,1-4H3. The van der Waals surface area contributed by atoms with Gasteiger partial charge in [-0.2, -0.15) is 5.10 Å². The highest BCUT2D eigenvalue weighted by atomic mass is 79.9. The van der Waals surface area contributed by atoms with Crippen LogP contribution in [0.4, 0.5) is 0 Å². The van der Waals surface area contributed by atoms with Crippen LogP contribution in [0.3, 0.4) is 0 Å². The molecule has 0 fully saturated rings. The Bertz CT molecular complexity index is 610. The second-order valence-electron chi connectivity index (χ2n) is 5.03. The lowest BCUT2D eigenvalue weighted by Crippen LogP contribution is -2.22. The number of rotatable bonds is 6. The van der Waals surface area contributed by atoms with E-state index in [1.54, 1.807) is 7.11 Å². The zero-order chi connectivity index (χ0) is 15.4. The maximum atomic E-state index is 5.47. The monoisotopic (exact) mass is 351 g/mol. The van der Waals surface area contributed by atoms with Crippen molar-refractivity contribution in [2.75, 3.05) is 14.2 Å².